The van der Waals surface area contributed by atoms with Gasteiger partial charge in [-0.15, -0.1) is 12.6 Å². The molecule has 0 aromatic carbocycles. The molecule has 0 saturated heterocycles. The molecule has 0 bridgehead atoms. The lowest BCUT2D eigenvalue weighted by Gasteiger charge is -1.99. The van der Waals surface area contributed by atoms with Gasteiger partial charge < -0.3 is 4.98 Å². The van der Waals surface area contributed by atoms with E-state index in [1.807, 2.05) is 0 Å². The van der Waals surface area contributed by atoms with Crippen molar-refractivity contribution < 1.29 is 0 Å². The van der Waals surface area contributed by atoms with Gasteiger partial charge in [-0.1, -0.05) is 13.3 Å². The van der Waals surface area contributed by atoms with Gasteiger partial charge in [0.1, 0.15) is 5.03 Å². The summed E-state index contributed by atoms with van der Waals surface area (Å²) in [5.74, 6) is 0. The normalized spacial score (nSPS) is 10.2. The van der Waals surface area contributed by atoms with Gasteiger partial charge in [0.2, 0.25) is 0 Å². The fourth-order valence-electron chi connectivity index (χ4n) is 0.998. The minimum atomic E-state index is -0.0662. The van der Waals surface area contributed by atoms with Gasteiger partial charge in [-0.2, -0.15) is 0 Å². The van der Waals surface area contributed by atoms with Gasteiger partial charge in [-0.3, -0.25) is 4.79 Å². The van der Waals surface area contributed by atoms with Crippen molar-refractivity contribution in [1.82, 2.24) is 9.97 Å². The third-order valence-electron chi connectivity index (χ3n) is 1.71. The monoisotopic (exact) mass is 184 g/mol. The lowest BCUT2D eigenvalue weighted by molar-refractivity contribution is 0.760. The quantitative estimate of drug-likeness (QED) is 0.551. The Hall–Kier alpha value is -0.770. The molecule has 1 N–H and O–H groups in total. The summed E-state index contributed by atoms with van der Waals surface area (Å²) in [4.78, 5) is 17.6. The molecule has 0 aliphatic heterocycles. The van der Waals surface area contributed by atoms with Crippen molar-refractivity contribution in [3.8, 4) is 0 Å². The number of nitrogens with zero attached hydrogens (tertiary/aromatic N) is 1. The van der Waals surface area contributed by atoms with Crippen LogP contribution in [0.4, 0.5) is 0 Å². The van der Waals surface area contributed by atoms with Crippen LogP contribution < -0.4 is 5.56 Å². The van der Waals surface area contributed by atoms with Crippen molar-refractivity contribution in [2.75, 3.05) is 0 Å². The fraction of sp³-hybridized carbons (Fsp3) is 0.500. The van der Waals surface area contributed by atoms with Crippen LogP contribution in [0.15, 0.2) is 16.1 Å². The number of aromatic nitrogens is 2. The average molecular weight is 184 g/mol. The second-order valence-corrected chi connectivity index (χ2v) is 3.06. The summed E-state index contributed by atoms with van der Waals surface area (Å²) in [5, 5.41) is 0.548. The largest absolute Gasteiger partial charge is 0.313 e. The number of nitrogens with one attached hydrogen (secondary N) is 1. The van der Waals surface area contributed by atoms with E-state index in [1.54, 1.807) is 0 Å². The van der Waals surface area contributed by atoms with Gasteiger partial charge in [0.25, 0.3) is 5.56 Å². The first kappa shape index (κ1) is 9.32. The number of hydrogen-bond donors (Lipinski definition) is 2. The van der Waals surface area contributed by atoms with Gasteiger partial charge in [0, 0.05) is 5.56 Å². The third kappa shape index (κ3) is 2.11. The average Bonchev–Trinajstić information content (AvgIpc) is 2.04. The molecule has 0 aliphatic carbocycles. The Morgan fingerprint density at radius 1 is 1.67 bits per heavy atom. The van der Waals surface area contributed by atoms with Gasteiger partial charge in [-0.25, -0.2) is 4.98 Å². The molecule has 1 aromatic rings. The van der Waals surface area contributed by atoms with Gasteiger partial charge >= 0.3 is 0 Å². The summed E-state index contributed by atoms with van der Waals surface area (Å²) in [6.07, 6.45) is 4.21. The van der Waals surface area contributed by atoms with Crippen molar-refractivity contribution in [2.24, 2.45) is 0 Å². The SMILES string of the molecule is CCCCc1c(S)nc[nH]c1=O. The molecule has 0 fully saturated rings. The molecule has 1 rings (SSSR count). The predicted molar refractivity (Wildman–Crippen MR) is 50.7 cm³/mol. The zero-order valence-electron chi connectivity index (χ0n) is 7.00. The predicted octanol–water partition coefficient (Wildman–Crippen LogP) is 1.40. The molecular weight excluding hydrogens is 172 g/mol. The van der Waals surface area contributed by atoms with E-state index in [0.717, 1.165) is 19.3 Å². The van der Waals surface area contributed by atoms with Crippen molar-refractivity contribution in [3.05, 3.63) is 22.2 Å². The molecule has 0 spiro atoms. The number of rotatable bonds is 3. The highest BCUT2D eigenvalue weighted by Crippen LogP contribution is 2.07. The summed E-state index contributed by atoms with van der Waals surface area (Å²) in [6.45, 7) is 2.09. The van der Waals surface area contributed by atoms with Crippen LogP contribution >= 0.6 is 12.6 Å². The maximum Gasteiger partial charge on any atom is 0.254 e. The Bertz CT molecular complexity index is 308. The fourth-order valence-corrected chi connectivity index (χ4v) is 1.27. The molecule has 0 unspecified atom stereocenters. The maximum absolute atomic E-state index is 11.2. The molecule has 1 aromatic heterocycles. The number of hydrogen-bond acceptors (Lipinski definition) is 3. The topological polar surface area (TPSA) is 45.8 Å². The molecule has 12 heavy (non-hydrogen) atoms. The van der Waals surface area contributed by atoms with E-state index in [1.165, 1.54) is 6.33 Å². The molecule has 66 valence electrons. The van der Waals surface area contributed by atoms with Crippen LogP contribution in [0.1, 0.15) is 25.3 Å². The zero-order valence-corrected chi connectivity index (χ0v) is 7.90. The molecule has 0 atom stereocenters. The second-order valence-electron chi connectivity index (χ2n) is 2.64. The van der Waals surface area contributed by atoms with Gasteiger partial charge in [0.05, 0.1) is 6.33 Å². The van der Waals surface area contributed by atoms with E-state index in [9.17, 15) is 4.79 Å². The summed E-state index contributed by atoms with van der Waals surface area (Å²) in [6, 6.07) is 0. The first-order valence-electron chi connectivity index (χ1n) is 4.01. The Balaban J connectivity index is 2.89. The number of aromatic amines is 1. The lowest BCUT2D eigenvalue weighted by Crippen LogP contribution is -2.13. The van der Waals surface area contributed by atoms with E-state index in [-0.39, 0.29) is 5.56 Å². The molecule has 0 aliphatic rings. The summed E-state index contributed by atoms with van der Waals surface area (Å²) >= 11 is 4.11. The molecule has 0 saturated carbocycles. The minimum absolute atomic E-state index is 0.0662. The summed E-state index contributed by atoms with van der Waals surface area (Å²) in [5.41, 5.74) is 0.631. The number of H-pyrrole nitrogens is 1. The molecule has 1 heterocycles. The zero-order chi connectivity index (χ0) is 8.97. The molecule has 4 heteroatoms. The molecular formula is C8H12N2OS. The maximum atomic E-state index is 11.2. The van der Waals surface area contributed by atoms with Crippen LogP contribution in [0.2, 0.25) is 0 Å². The molecule has 0 radical (unpaired) electrons. The van der Waals surface area contributed by atoms with Crippen LogP contribution in [0.3, 0.4) is 0 Å². The van der Waals surface area contributed by atoms with E-state index < -0.39 is 0 Å². The van der Waals surface area contributed by atoms with Crippen molar-refractivity contribution in [1.29, 1.82) is 0 Å². The highest BCUT2D eigenvalue weighted by molar-refractivity contribution is 7.80. The van der Waals surface area contributed by atoms with Crippen molar-refractivity contribution in [3.63, 3.8) is 0 Å². The first-order chi connectivity index (χ1) is 5.75. The lowest BCUT2D eigenvalue weighted by atomic mass is 10.1. The molecule has 3 nitrogen and oxygen atoms in total. The highest BCUT2D eigenvalue weighted by Gasteiger charge is 2.03. The van der Waals surface area contributed by atoms with Crippen LogP contribution in [0.5, 0.6) is 0 Å². The Kier molecular flexibility index (Phi) is 3.34. The van der Waals surface area contributed by atoms with E-state index >= 15 is 0 Å². The smallest absolute Gasteiger partial charge is 0.254 e. The summed E-state index contributed by atoms with van der Waals surface area (Å²) < 4.78 is 0. The Morgan fingerprint density at radius 2 is 2.42 bits per heavy atom. The van der Waals surface area contributed by atoms with Crippen LogP contribution in [0.25, 0.3) is 0 Å². The highest BCUT2D eigenvalue weighted by atomic mass is 32.1. The van der Waals surface area contributed by atoms with Crippen molar-refractivity contribution in [2.45, 2.75) is 31.2 Å². The Labute approximate surface area is 76.6 Å². The van der Waals surface area contributed by atoms with E-state index in [4.69, 9.17) is 0 Å². The second kappa shape index (κ2) is 4.30. The number of thiol groups is 1. The van der Waals surface area contributed by atoms with Crippen LogP contribution in [-0.4, -0.2) is 9.97 Å². The number of unbranched alkanes of at least 4 members (excludes halogenated alkanes) is 1. The summed E-state index contributed by atoms with van der Waals surface area (Å²) in [7, 11) is 0. The van der Waals surface area contributed by atoms with E-state index in [0.29, 0.717) is 10.6 Å². The molecule has 0 amide bonds. The third-order valence-corrected chi connectivity index (χ3v) is 2.09. The standard InChI is InChI=1S/C8H12N2OS/c1-2-3-4-6-7(11)9-5-10-8(6)12/h5H,2-4H2,1H3,(H2,9,10,11,12). The Morgan fingerprint density at radius 3 is 3.00 bits per heavy atom. The van der Waals surface area contributed by atoms with Gasteiger partial charge in [-0.05, 0) is 12.8 Å². The van der Waals surface area contributed by atoms with Crippen LogP contribution in [0, 0.1) is 0 Å². The van der Waals surface area contributed by atoms with Crippen molar-refractivity contribution >= 4 is 12.6 Å². The van der Waals surface area contributed by atoms with Crippen LogP contribution in [-0.2, 0) is 6.42 Å². The first-order valence-corrected chi connectivity index (χ1v) is 4.46. The van der Waals surface area contributed by atoms with Gasteiger partial charge in [0.15, 0.2) is 0 Å². The minimum Gasteiger partial charge on any atom is -0.313 e. The van der Waals surface area contributed by atoms with E-state index in [2.05, 4.69) is 29.5 Å².